The molecule has 1 aromatic rings. The molecule has 0 unspecified atom stereocenters. The van der Waals surface area contributed by atoms with Gasteiger partial charge in [0.05, 0.1) is 6.61 Å². The fraction of sp³-hybridized carbons (Fsp3) is 0.500. The molecule has 2 aliphatic rings. The van der Waals surface area contributed by atoms with Crippen molar-refractivity contribution in [1.29, 1.82) is 0 Å². The molecule has 2 saturated heterocycles. The highest BCUT2D eigenvalue weighted by Gasteiger charge is 2.71. The van der Waals surface area contributed by atoms with Crippen LogP contribution in [0.2, 0.25) is 0 Å². The Morgan fingerprint density at radius 1 is 1.28 bits per heavy atom. The summed E-state index contributed by atoms with van der Waals surface area (Å²) >= 11 is 0. The number of ether oxygens (including phenoxy) is 1. The number of carbonyl (C=O) groups excluding carboxylic acids is 3. The van der Waals surface area contributed by atoms with Crippen LogP contribution in [0.25, 0.3) is 0 Å². The lowest BCUT2D eigenvalue weighted by molar-refractivity contribution is -0.734. The smallest absolute Gasteiger partial charge is 0.368 e. The Hall–Kier alpha value is -2.28. The van der Waals surface area contributed by atoms with Crippen LogP contribution in [0.5, 0.6) is 0 Å². The van der Waals surface area contributed by atoms with Gasteiger partial charge in [0.25, 0.3) is 0 Å². The van der Waals surface area contributed by atoms with E-state index in [9.17, 15) is 18.8 Å². The Balaban J connectivity index is 2.14. The second-order valence-electron chi connectivity index (χ2n) is 6.57. The van der Waals surface area contributed by atoms with E-state index in [-0.39, 0.29) is 12.5 Å². The molecule has 4 atom stereocenters. The molecule has 7 heteroatoms. The van der Waals surface area contributed by atoms with Crippen molar-refractivity contribution in [3.8, 4) is 0 Å². The van der Waals surface area contributed by atoms with Crippen LogP contribution in [0.1, 0.15) is 31.9 Å². The van der Waals surface area contributed by atoms with Crippen molar-refractivity contribution < 1.29 is 28.8 Å². The van der Waals surface area contributed by atoms with E-state index in [1.165, 1.54) is 13.1 Å². The van der Waals surface area contributed by atoms with Crippen molar-refractivity contribution in [3.05, 3.63) is 35.6 Å². The first kappa shape index (κ1) is 17.5. The number of hydrogen-bond donors (Lipinski definition) is 1. The molecule has 0 saturated carbocycles. The Bertz CT molecular complexity index is 738. The van der Waals surface area contributed by atoms with Gasteiger partial charge in [0.1, 0.15) is 23.7 Å². The van der Waals surface area contributed by atoms with Crippen LogP contribution in [0.15, 0.2) is 24.3 Å². The third-order valence-electron chi connectivity index (χ3n) is 5.50. The van der Waals surface area contributed by atoms with Gasteiger partial charge < -0.3 is 10.1 Å². The summed E-state index contributed by atoms with van der Waals surface area (Å²) in [5, 5.41) is 1.67. The number of likely N-dealkylation sites (tertiary alicyclic amines) is 1. The minimum Gasteiger partial charge on any atom is -0.461 e. The second kappa shape index (κ2) is 6.22. The zero-order chi connectivity index (χ0) is 18.4. The van der Waals surface area contributed by atoms with Gasteiger partial charge in [0.2, 0.25) is 17.4 Å². The van der Waals surface area contributed by atoms with E-state index in [1.807, 2.05) is 0 Å². The minimum absolute atomic E-state index is 0.175. The maximum absolute atomic E-state index is 14.4. The van der Waals surface area contributed by atoms with E-state index in [2.05, 4.69) is 0 Å². The molecule has 6 nitrogen and oxygen atoms in total. The summed E-state index contributed by atoms with van der Waals surface area (Å²) in [6.07, 6.45) is 0.310. The van der Waals surface area contributed by atoms with Crippen LogP contribution in [0.4, 0.5) is 4.39 Å². The van der Waals surface area contributed by atoms with Crippen molar-refractivity contribution >= 4 is 17.8 Å². The molecular formula is C18H22FN2O4+. The van der Waals surface area contributed by atoms with Crippen LogP contribution in [0, 0.1) is 17.7 Å². The molecule has 2 N–H and O–H groups in total. The Kier molecular flexibility index (Phi) is 4.36. The summed E-state index contributed by atoms with van der Waals surface area (Å²) in [4.78, 5) is 39.2. The monoisotopic (exact) mass is 349 g/mol. The Morgan fingerprint density at radius 2 is 1.96 bits per heavy atom. The summed E-state index contributed by atoms with van der Waals surface area (Å²) in [5.41, 5.74) is -0.890. The molecule has 0 aliphatic carbocycles. The number of nitrogens with two attached hydrogens (primary N) is 1. The summed E-state index contributed by atoms with van der Waals surface area (Å²) in [5.74, 6) is -3.38. The van der Waals surface area contributed by atoms with Gasteiger partial charge in [-0.15, -0.1) is 0 Å². The SMILES string of the molecule is CCOC(=O)[C@]1(CC)[NH2+][C@@H](c2ccccc2F)[C@H]2C(=O)N(C)C(=O)[C@H]21. The van der Waals surface area contributed by atoms with E-state index in [0.717, 1.165) is 4.90 Å². The lowest BCUT2D eigenvalue weighted by Crippen LogP contribution is -2.98. The van der Waals surface area contributed by atoms with Crippen molar-refractivity contribution in [2.75, 3.05) is 13.7 Å². The topological polar surface area (TPSA) is 80.3 Å². The Morgan fingerprint density at radius 3 is 2.56 bits per heavy atom. The molecule has 0 radical (unpaired) electrons. The predicted molar refractivity (Wildman–Crippen MR) is 85.5 cm³/mol. The normalized spacial score (nSPS) is 31.4. The number of imide groups is 1. The zero-order valence-corrected chi connectivity index (χ0v) is 14.5. The molecule has 2 fully saturated rings. The van der Waals surface area contributed by atoms with Crippen LogP contribution in [0.3, 0.4) is 0 Å². The highest BCUT2D eigenvalue weighted by Crippen LogP contribution is 2.45. The number of rotatable bonds is 4. The molecule has 2 amide bonds. The number of quaternary nitrogens is 1. The van der Waals surface area contributed by atoms with Gasteiger partial charge in [-0.1, -0.05) is 25.1 Å². The molecule has 1 aromatic carbocycles. The highest BCUT2D eigenvalue weighted by molar-refractivity contribution is 6.08. The lowest BCUT2D eigenvalue weighted by Gasteiger charge is -2.28. The molecule has 2 aliphatic heterocycles. The number of hydrogen-bond acceptors (Lipinski definition) is 4. The number of nitrogens with zero attached hydrogens (tertiary/aromatic N) is 1. The number of esters is 1. The first-order valence-corrected chi connectivity index (χ1v) is 8.48. The molecule has 25 heavy (non-hydrogen) atoms. The van der Waals surface area contributed by atoms with Crippen LogP contribution >= 0.6 is 0 Å². The van der Waals surface area contributed by atoms with Crippen LogP contribution in [-0.2, 0) is 19.1 Å². The van der Waals surface area contributed by atoms with Crippen molar-refractivity contribution in [1.82, 2.24) is 4.90 Å². The molecule has 0 aromatic heterocycles. The first-order chi connectivity index (χ1) is 11.9. The van der Waals surface area contributed by atoms with E-state index in [0.29, 0.717) is 12.0 Å². The standard InChI is InChI=1S/C18H21FN2O4/c1-4-18(17(24)25-5-2)13-12(15(22)21(3)16(13)23)14(20-18)10-8-6-7-9-11(10)19/h6-9,12-14,20H,4-5H2,1-3H3/p+1/t12-,13-,14-,18+/m0/s1. The quantitative estimate of drug-likeness (QED) is 0.630. The van der Waals surface area contributed by atoms with E-state index >= 15 is 0 Å². The maximum Gasteiger partial charge on any atom is 0.368 e. The van der Waals surface area contributed by atoms with Gasteiger partial charge in [-0.2, -0.15) is 0 Å². The number of halogens is 1. The van der Waals surface area contributed by atoms with E-state index in [1.54, 1.807) is 37.4 Å². The minimum atomic E-state index is -1.22. The van der Waals surface area contributed by atoms with E-state index in [4.69, 9.17) is 4.74 Å². The fourth-order valence-corrected chi connectivity index (χ4v) is 4.24. The molecule has 134 valence electrons. The fourth-order valence-electron chi connectivity index (χ4n) is 4.24. The lowest BCUT2D eigenvalue weighted by atomic mass is 9.78. The molecule has 2 heterocycles. The van der Waals surface area contributed by atoms with Gasteiger partial charge in [0, 0.05) is 19.0 Å². The third-order valence-corrected chi connectivity index (χ3v) is 5.50. The predicted octanol–water partition coefficient (Wildman–Crippen LogP) is 0.387. The maximum atomic E-state index is 14.4. The van der Waals surface area contributed by atoms with Crippen LogP contribution < -0.4 is 5.32 Å². The van der Waals surface area contributed by atoms with Gasteiger partial charge in [-0.3, -0.25) is 14.5 Å². The summed E-state index contributed by atoms with van der Waals surface area (Å²) in [6, 6.07) is 5.52. The van der Waals surface area contributed by atoms with Crippen molar-refractivity contribution in [3.63, 3.8) is 0 Å². The van der Waals surface area contributed by atoms with Gasteiger partial charge >= 0.3 is 5.97 Å². The number of benzene rings is 1. The Labute approximate surface area is 145 Å². The number of carbonyl (C=O) groups is 3. The second-order valence-corrected chi connectivity index (χ2v) is 6.57. The largest absolute Gasteiger partial charge is 0.461 e. The summed E-state index contributed by atoms with van der Waals surface area (Å²) in [7, 11) is 1.41. The molecular weight excluding hydrogens is 327 g/mol. The first-order valence-electron chi connectivity index (χ1n) is 8.48. The van der Waals surface area contributed by atoms with Crippen LogP contribution in [-0.4, -0.2) is 41.9 Å². The zero-order valence-electron chi connectivity index (χ0n) is 14.5. The van der Waals surface area contributed by atoms with Crippen molar-refractivity contribution in [2.24, 2.45) is 11.8 Å². The number of amides is 2. The molecule has 3 rings (SSSR count). The molecule has 0 spiro atoms. The van der Waals surface area contributed by atoms with Gasteiger partial charge in [-0.25, -0.2) is 9.18 Å². The van der Waals surface area contributed by atoms with Crippen molar-refractivity contribution in [2.45, 2.75) is 31.8 Å². The highest BCUT2D eigenvalue weighted by atomic mass is 19.1. The average molecular weight is 349 g/mol. The molecule has 0 bridgehead atoms. The average Bonchev–Trinajstić information content (AvgIpc) is 3.06. The third kappa shape index (κ3) is 2.37. The van der Waals surface area contributed by atoms with E-state index < -0.39 is 41.1 Å². The summed E-state index contributed by atoms with van der Waals surface area (Å²) in [6.45, 7) is 3.65. The van der Waals surface area contributed by atoms with Gasteiger partial charge in [0.15, 0.2) is 0 Å². The summed E-state index contributed by atoms with van der Waals surface area (Å²) < 4.78 is 19.6. The van der Waals surface area contributed by atoms with Gasteiger partial charge in [-0.05, 0) is 13.0 Å². The number of fused-ring (bicyclic) bond motifs is 1.